The Morgan fingerprint density at radius 2 is 2.58 bits per heavy atom. The summed E-state index contributed by atoms with van der Waals surface area (Å²) in [5, 5.41) is 3.98. The van der Waals surface area contributed by atoms with Crippen LogP contribution in [0.5, 0.6) is 0 Å². The number of hydrogen-bond donors (Lipinski definition) is 1. The van der Waals surface area contributed by atoms with E-state index in [1.54, 1.807) is 24.3 Å². The van der Waals surface area contributed by atoms with E-state index in [0.717, 1.165) is 10.2 Å². The van der Waals surface area contributed by atoms with Gasteiger partial charge in [0, 0.05) is 19.9 Å². The first-order chi connectivity index (χ1) is 5.61. The van der Waals surface area contributed by atoms with Crippen molar-refractivity contribution in [1.82, 2.24) is 9.78 Å². The second-order valence-corrected chi connectivity index (χ2v) is 3.23. The monoisotopic (exact) mass is 230 g/mol. The second kappa shape index (κ2) is 3.71. The highest BCUT2D eigenvalue weighted by atomic mass is 79.9. The Kier molecular flexibility index (Phi) is 2.86. The summed E-state index contributed by atoms with van der Waals surface area (Å²) in [4.78, 5) is 10.5. The van der Waals surface area contributed by atoms with Gasteiger partial charge in [-0.1, -0.05) is 0 Å². The zero-order chi connectivity index (χ0) is 9.14. The van der Waals surface area contributed by atoms with E-state index in [9.17, 15) is 4.79 Å². The Morgan fingerprint density at radius 3 is 3.00 bits per heavy atom. The SMILES string of the molecule is Cn1ncc(Br)c1[CH]CC(N)=O. The maximum absolute atomic E-state index is 10.5. The van der Waals surface area contributed by atoms with E-state index < -0.39 is 0 Å². The van der Waals surface area contributed by atoms with Gasteiger partial charge in [-0.15, -0.1) is 0 Å². The molecule has 0 aromatic carbocycles. The Hall–Kier alpha value is -0.840. The molecule has 65 valence electrons. The average Bonchev–Trinajstić information content (AvgIpc) is 2.28. The predicted octanol–water partition coefficient (Wildman–Crippen LogP) is 0.610. The van der Waals surface area contributed by atoms with Gasteiger partial charge in [0.25, 0.3) is 0 Å². The summed E-state index contributed by atoms with van der Waals surface area (Å²) in [5.74, 6) is -0.344. The lowest BCUT2D eigenvalue weighted by molar-refractivity contribution is -0.117. The van der Waals surface area contributed by atoms with Crippen LogP contribution in [0.15, 0.2) is 10.7 Å². The number of amides is 1. The molecule has 1 rings (SSSR count). The topological polar surface area (TPSA) is 60.9 Å². The molecule has 1 radical (unpaired) electrons. The molecule has 0 aliphatic rings. The number of rotatable bonds is 3. The first-order valence-electron chi connectivity index (χ1n) is 3.40. The van der Waals surface area contributed by atoms with Gasteiger partial charge in [0.2, 0.25) is 5.91 Å². The van der Waals surface area contributed by atoms with Crippen LogP contribution in [-0.4, -0.2) is 15.7 Å². The summed E-state index contributed by atoms with van der Waals surface area (Å²) in [6.07, 6.45) is 3.64. The molecule has 0 aliphatic carbocycles. The van der Waals surface area contributed by atoms with Crippen LogP contribution >= 0.6 is 15.9 Å². The quantitative estimate of drug-likeness (QED) is 0.828. The molecular formula is C7H9BrN3O. The number of nitrogens with two attached hydrogens (primary N) is 1. The molecule has 5 heteroatoms. The van der Waals surface area contributed by atoms with Crippen molar-refractivity contribution < 1.29 is 4.79 Å². The van der Waals surface area contributed by atoms with Gasteiger partial charge >= 0.3 is 0 Å². The van der Waals surface area contributed by atoms with Crippen LogP contribution in [0.1, 0.15) is 12.1 Å². The van der Waals surface area contributed by atoms with Gasteiger partial charge in [0.15, 0.2) is 0 Å². The molecule has 0 saturated carbocycles. The minimum atomic E-state index is -0.344. The third-order valence-corrected chi connectivity index (χ3v) is 2.05. The van der Waals surface area contributed by atoms with Crippen LogP contribution in [0.25, 0.3) is 0 Å². The van der Waals surface area contributed by atoms with Crippen molar-refractivity contribution in [2.45, 2.75) is 6.42 Å². The lowest BCUT2D eigenvalue weighted by atomic mass is 10.2. The van der Waals surface area contributed by atoms with Crippen LogP contribution in [0.2, 0.25) is 0 Å². The molecule has 0 saturated heterocycles. The maximum Gasteiger partial charge on any atom is 0.218 e. The lowest BCUT2D eigenvalue weighted by Gasteiger charge is -1.99. The normalized spacial score (nSPS) is 10.2. The van der Waals surface area contributed by atoms with Gasteiger partial charge < -0.3 is 5.73 Å². The summed E-state index contributed by atoms with van der Waals surface area (Å²) in [6.45, 7) is 0. The summed E-state index contributed by atoms with van der Waals surface area (Å²) in [6, 6.07) is 0. The van der Waals surface area contributed by atoms with Crippen LogP contribution in [-0.2, 0) is 11.8 Å². The largest absolute Gasteiger partial charge is 0.370 e. The van der Waals surface area contributed by atoms with Crippen LogP contribution < -0.4 is 5.73 Å². The van der Waals surface area contributed by atoms with Crippen LogP contribution in [0, 0.1) is 6.42 Å². The Bertz CT molecular complexity index is 275. The van der Waals surface area contributed by atoms with Crippen molar-refractivity contribution in [3.05, 3.63) is 22.8 Å². The molecule has 4 nitrogen and oxygen atoms in total. The van der Waals surface area contributed by atoms with E-state index in [1.165, 1.54) is 0 Å². The third-order valence-electron chi connectivity index (χ3n) is 1.43. The first kappa shape index (κ1) is 9.25. The molecule has 0 fully saturated rings. The molecule has 0 spiro atoms. The van der Waals surface area contributed by atoms with E-state index in [-0.39, 0.29) is 12.3 Å². The minimum Gasteiger partial charge on any atom is -0.370 e. The van der Waals surface area contributed by atoms with E-state index in [1.807, 2.05) is 0 Å². The molecule has 0 unspecified atom stereocenters. The summed E-state index contributed by atoms with van der Waals surface area (Å²) in [7, 11) is 1.80. The van der Waals surface area contributed by atoms with Crippen molar-refractivity contribution in [3.63, 3.8) is 0 Å². The molecule has 12 heavy (non-hydrogen) atoms. The first-order valence-corrected chi connectivity index (χ1v) is 4.19. The van der Waals surface area contributed by atoms with E-state index in [4.69, 9.17) is 5.73 Å². The fraction of sp³-hybridized carbons (Fsp3) is 0.286. The maximum atomic E-state index is 10.5. The molecule has 1 aromatic rings. The molecule has 1 heterocycles. The highest BCUT2D eigenvalue weighted by Crippen LogP contribution is 2.17. The zero-order valence-electron chi connectivity index (χ0n) is 6.62. The summed E-state index contributed by atoms with van der Waals surface area (Å²) in [5.41, 5.74) is 5.86. The van der Waals surface area contributed by atoms with Crippen molar-refractivity contribution in [2.24, 2.45) is 12.8 Å². The summed E-state index contributed by atoms with van der Waals surface area (Å²) >= 11 is 3.30. The fourth-order valence-corrected chi connectivity index (χ4v) is 1.36. The number of hydrogen-bond acceptors (Lipinski definition) is 2. The van der Waals surface area contributed by atoms with Gasteiger partial charge in [-0.25, -0.2) is 0 Å². The van der Waals surface area contributed by atoms with Gasteiger partial charge in [-0.2, -0.15) is 5.10 Å². The van der Waals surface area contributed by atoms with Crippen molar-refractivity contribution >= 4 is 21.8 Å². The van der Waals surface area contributed by atoms with Crippen molar-refractivity contribution in [3.8, 4) is 0 Å². The highest BCUT2D eigenvalue weighted by Gasteiger charge is 2.06. The molecule has 1 aromatic heterocycles. The van der Waals surface area contributed by atoms with Gasteiger partial charge in [-0.05, 0) is 15.9 Å². The fourth-order valence-electron chi connectivity index (χ4n) is 0.847. The number of carbonyl (C=O) groups is 1. The Labute approximate surface area is 78.9 Å². The standard InChI is InChI=1S/C7H9BrN3O/c1-11-6(2-3-7(9)12)5(8)4-10-11/h2,4H,3H2,1H3,(H2,9,12). The highest BCUT2D eigenvalue weighted by molar-refractivity contribution is 9.10. The summed E-state index contributed by atoms with van der Waals surface area (Å²) < 4.78 is 2.54. The lowest BCUT2D eigenvalue weighted by Crippen LogP contribution is -2.11. The Balaban J connectivity index is 2.68. The van der Waals surface area contributed by atoms with Crippen molar-refractivity contribution in [2.75, 3.05) is 0 Å². The molecule has 2 N–H and O–H groups in total. The number of halogens is 1. The molecular weight excluding hydrogens is 222 g/mol. The van der Waals surface area contributed by atoms with Gasteiger partial charge in [0.05, 0.1) is 16.4 Å². The van der Waals surface area contributed by atoms with Crippen LogP contribution in [0.3, 0.4) is 0 Å². The average molecular weight is 231 g/mol. The number of aryl methyl sites for hydroxylation is 1. The van der Waals surface area contributed by atoms with E-state index in [0.29, 0.717) is 0 Å². The predicted molar refractivity (Wildman–Crippen MR) is 48.1 cm³/mol. The van der Waals surface area contributed by atoms with E-state index >= 15 is 0 Å². The molecule has 0 atom stereocenters. The number of aromatic nitrogens is 2. The number of nitrogens with zero attached hydrogens (tertiary/aromatic N) is 2. The van der Waals surface area contributed by atoms with Crippen molar-refractivity contribution in [1.29, 1.82) is 0 Å². The van der Waals surface area contributed by atoms with Gasteiger partial charge in [-0.3, -0.25) is 9.48 Å². The number of carbonyl (C=O) groups excluding carboxylic acids is 1. The minimum absolute atomic E-state index is 0.234. The molecule has 1 amide bonds. The smallest absolute Gasteiger partial charge is 0.218 e. The molecule has 0 bridgehead atoms. The Morgan fingerprint density at radius 1 is 1.92 bits per heavy atom. The van der Waals surface area contributed by atoms with E-state index in [2.05, 4.69) is 21.0 Å². The molecule has 0 aliphatic heterocycles. The second-order valence-electron chi connectivity index (χ2n) is 2.38. The number of primary amides is 1. The van der Waals surface area contributed by atoms with Crippen LogP contribution in [0.4, 0.5) is 0 Å². The third kappa shape index (κ3) is 2.07. The van der Waals surface area contributed by atoms with Gasteiger partial charge in [0.1, 0.15) is 0 Å². The zero-order valence-corrected chi connectivity index (χ0v) is 8.21.